The van der Waals surface area contributed by atoms with Gasteiger partial charge in [0.25, 0.3) is 0 Å². The molecule has 0 aliphatic heterocycles. The number of hydrogen-bond donors (Lipinski definition) is 0. The van der Waals surface area contributed by atoms with Crippen LogP contribution in [0.25, 0.3) is 0 Å². The Balaban J connectivity index is 3.35. The summed E-state index contributed by atoms with van der Waals surface area (Å²) in [6.07, 6.45) is 16.9. The first-order chi connectivity index (χ1) is 9.70. The molecular formula is C18H34O2. The van der Waals surface area contributed by atoms with Gasteiger partial charge in [0.05, 0.1) is 7.11 Å². The summed E-state index contributed by atoms with van der Waals surface area (Å²) in [6.45, 7) is 4.50. The number of ether oxygens (including phenoxy) is 1. The van der Waals surface area contributed by atoms with E-state index in [1.807, 2.05) is 0 Å². The second kappa shape index (κ2) is 14.6. The van der Waals surface area contributed by atoms with Crippen LogP contribution in [0.4, 0.5) is 0 Å². The van der Waals surface area contributed by atoms with E-state index in [0.717, 1.165) is 19.3 Å². The molecule has 0 spiro atoms. The molecule has 118 valence electrons. The highest BCUT2D eigenvalue weighted by Gasteiger charge is 1.98. The highest BCUT2D eigenvalue weighted by molar-refractivity contribution is 5.68. The highest BCUT2D eigenvalue weighted by Crippen LogP contribution is 2.13. The number of hydrogen-bond acceptors (Lipinski definition) is 2. The van der Waals surface area contributed by atoms with E-state index >= 15 is 0 Å². The summed E-state index contributed by atoms with van der Waals surface area (Å²) in [7, 11) is 1.45. The molecule has 0 fully saturated rings. The van der Waals surface area contributed by atoms with Crippen LogP contribution in [0.3, 0.4) is 0 Å². The predicted octanol–water partition coefficient (Wildman–Crippen LogP) is 5.81. The zero-order chi connectivity index (χ0) is 15.1. The second-order valence-electron chi connectivity index (χ2n) is 5.74. The van der Waals surface area contributed by atoms with E-state index in [1.54, 1.807) is 0 Å². The van der Waals surface area contributed by atoms with Gasteiger partial charge in [-0.3, -0.25) is 4.79 Å². The number of unbranched alkanes of at least 4 members (excludes halogenated alkanes) is 8. The van der Waals surface area contributed by atoms with Crippen LogP contribution in [-0.2, 0) is 9.53 Å². The molecule has 0 N–H and O–H groups in total. The van der Waals surface area contributed by atoms with Crippen molar-refractivity contribution in [2.24, 2.45) is 0 Å². The molecule has 0 heterocycles. The van der Waals surface area contributed by atoms with Gasteiger partial charge in [0, 0.05) is 6.42 Å². The van der Waals surface area contributed by atoms with Crippen LogP contribution in [0.2, 0.25) is 0 Å². The number of carbonyl (C=O) groups is 1. The van der Waals surface area contributed by atoms with E-state index in [4.69, 9.17) is 0 Å². The fraction of sp³-hybridized carbons (Fsp3) is 0.833. The Kier molecular flexibility index (Phi) is 14.0. The number of esters is 1. The third-order valence-electron chi connectivity index (χ3n) is 3.73. The minimum atomic E-state index is -0.0891. The standard InChI is InChI=1S/C18H34O2/c1-4-5-6-7-8-9-11-14-17(2)15-12-10-13-16-18(19)20-3/h15H,4-14,16H2,1-3H3. The largest absolute Gasteiger partial charge is 0.469 e. The van der Waals surface area contributed by atoms with Crippen molar-refractivity contribution in [2.45, 2.75) is 90.9 Å². The minimum absolute atomic E-state index is 0.0891. The van der Waals surface area contributed by atoms with Crippen molar-refractivity contribution in [1.29, 1.82) is 0 Å². The molecular weight excluding hydrogens is 248 g/mol. The fourth-order valence-electron chi connectivity index (χ4n) is 2.33. The molecule has 0 saturated carbocycles. The van der Waals surface area contributed by atoms with Gasteiger partial charge in [0.2, 0.25) is 0 Å². The zero-order valence-electron chi connectivity index (χ0n) is 13.9. The molecule has 0 amide bonds. The minimum Gasteiger partial charge on any atom is -0.469 e. The fourth-order valence-corrected chi connectivity index (χ4v) is 2.33. The molecule has 0 atom stereocenters. The van der Waals surface area contributed by atoms with Crippen LogP contribution in [-0.4, -0.2) is 13.1 Å². The van der Waals surface area contributed by atoms with Gasteiger partial charge in [-0.2, -0.15) is 0 Å². The van der Waals surface area contributed by atoms with E-state index in [2.05, 4.69) is 24.7 Å². The first kappa shape index (κ1) is 19.2. The van der Waals surface area contributed by atoms with Crippen molar-refractivity contribution in [3.8, 4) is 0 Å². The number of methoxy groups -OCH3 is 1. The van der Waals surface area contributed by atoms with E-state index in [1.165, 1.54) is 64.0 Å². The van der Waals surface area contributed by atoms with Gasteiger partial charge in [0.15, 0.2) is 0 Å². The maximum atomic E-state index is 10.9. The molecule has 0 unspecified atom stereocenters. The third-order valence-corrected chi connectivity index (χ3v) is 3.73. The van der Waals surface area contributed by atoms with Gasteiger partial charge < -0.3 is 4.74 Å². The van der Waals surface area contributed by atoms with Crippen molar-refractivity contribution in [3.05, 3.63) is 11.6 Å². The predicted molar refractivity (Wildman–Crippen MR) is 86.9 cm³/mol. The summed E-state index contributed by atoms with van der Waals surface area (Å²) in [4.78, 5) is 10.9. The van der Waals surface area contributed by atoms with Crippen LogP contribution in [0.1, 0.15) is 90.9 Å². The molecule has 0 aromatic rings. The summed E-state index contributed by atoms with van der Waals surface area (Å²) >= 11 is 0. The van der Waals surface area contributed by atoms with Gasteiger partial charge in [-0.05, 0) is 39.0 Å². The second-order valence-corrected chi connectivity index (χ2v) is 5.74. The van der Waals surface area contributed by atoms with Gasteiger partial charge in [-0.15, -0.1) is 0 Å². The average molecular weight is 282 g/mol. The molecule has 2 nitrogen and oxygen atoms in total. The Morgan fingerprint density at radius 2 is 1.50 bits per heavy atom. The molecule has 0 rings (SSSR count). The SMILES string of the molecule is CCCCCCCCCC(C)=CCCCCC(=O)OC. The van der Waals surface area contributed by atoms with Crippen LogP contribution in [0.15, 0.2) is 11.6 Å². The molecule has 0 aromatic heterocycles. The monoisotopic (exact) mass is 282 g/mol. The summed E-state index contributed by atoms with van der Waals surface area (Å²) in [6, 6.07) is 0. The van der Waals surface area contributed by atoms with Crippen LogP contribution >= 0.6 is 0 Å². The molecule has 0 bridgehead atoms. The zero-order valence-corrected chi connectivity index (χ0v) is 13.9. The van der Waals surface area contributed by atoms with Crippen LogP contribution in [0, 0.1) is 0 Å². The van der Waals surface area contributed by atoms with Crippen molar-refractivity contribution in [3.63, 3.8) is 0 Å². The van der Waals surface area contributed by atoms with E-state index in [9.17, 15) is 4.79 Å². The maximum absolute atomic E-state index is 10.9. The normalized spacial score (nSPS) is 11.7. The lowest BCUT2D eigenvalue weighted by Crippen LogP contribution is -1.98. The van der Waals surface area contributed by atoms with Gasteiger partial charge in [0.1, 0.15) is 0 Å². The smallest absolute Gasteiger partial charge is 0.305 e. The van der Waals surface area contributed by atoms with Gasteiger partial charge >= 0.3 is 5.97 Å². The number of rotatable bonds is 13. The van der Waals surface area contributed by atoms with E-state index in [0.29, 0.717) is 6.42 Å². The first-order valence-electron chi connectivity index (χ1n) is 8.43. The van der Waals surface area contributed by atoms with Gasteiger partial charge in [-0.25, -0.2) is 0 Å². The molecule has 0 saturated heterocycles. The summed E-state index contributed by atoms with van der Waals surface area (Å²) in [5.41, 5.74) is 1.51. The quantitative estimate of drug-likeness (QED) is 0.242. The lowest BCUT2D eigenvalue weighted by atomic mass is 10.0. The van der Waals surface area contributed by atoms with Crippen molar-refractivity contribution >= 4 is 5.97 Å². The topological polar surface area (TPSA) is 26.3 Å². The number of allylic oxidation sites excluding steroid dienone is 2. The van der Waals surface area contributed by atoms with Crippen molar-refractivity contribution < 1.29 is 9.53 Å². The molecule has 0 radical (unpaired) electrons. The Morgan fingerprint density at radius 3 is 2.15 bits per heavy atom. The first-order valence-corrected chi connectivity index (χ1v) is 8.43. The lowest BCUT2D eigenvalue weighted by Gasteiger charge is -2.03. The van der Waals surface area contributed by atoms with Gasteiger partial charge in [-0.1, -0.05) is 57.1 Å². The Hall–Kier alpha value is -0.790. The summed E-state index contributed by atoms with van der Waals surface area (Å²) < 4.78 is 4.62. The molecule has 0 aliphatic carbocycles. The molecule has 20 heavy (non-hydrogen) atoms. The highest BCUT2D eigenvalue weighted by atomic mass is 16.5. The third kappa shape index (κ3) is 13.6. The van der Waals surface area contributed by atoms with E-state index < -0.39 is 0 Å². The Morgan fingerprint density at radius 1 is 0.900 bits per heavy atom. The Labute approximate surface area is 126 Å². The molecule has 0 aliphatic rings. The molecule has 0 aromatic carbocycles. The maximum Gasteiger partial charge on any atom is 0.305 e. The van der Waals surface area contributed by atoms with Crippen molar-refractivity contribution in [2.75, 3.05) is 7.11 Å². The molecule has 2 heteroatoms. The van der Waals surface area contributed by atoms with Crippen LogP contribution < -0.4 is 0 Å². The van der Waals surface area contributed by atoms with Crippen molar-refractivity contribution in [1.82, 2.24) is 0 Å². The average Bonchev–Trinajstić information content (AvgIpc) is 2.45. The van der Waals surface area contributed by atoms with Crippen LogP contribution in [0.5, 0.6) is 0 Å². The Bertz CT molecular complexity index is 256. The lowest BCUT2D eigenvalue weighted by molar-refractivity contribution is -0.140. The van der Waals surface area contributed by atoms with E-state index in [-0.39, 0.29) is 5.97 Å². The summed E-state index contributed by atoms with van der Waals surface area (Å²) in [5, 5.41) is 0. The number of carbonyl (C=O) groups excluding carboxylic acids is 1. The summed E-state index contributed by atoms with van der Waals surface area (Å²) in [5.74, 6) is -0.0891.